The minimum absolute atomic E-state index is 0.0783. The van der Waals surface area contributed by atoms with E-state index in [-0.39, 0.29) is 10.9 Å². The molecule has 0 amide bonds. The zero-order valence-electron chi connectivity index (χ0n) is 15.8. The van der Waals surface area contributed by atoms with Crippen molar-refractivity contribution in [3.8, 4) is 5.75 Å². The number of rotatable bonds is 4. The molecule has 1 saturated heterocycles. The summed E-state index contributed by atoms with van der Waals surface area (Å²) in [6.45, 7) is 5.82. The van der Waals surface area contributed by atoms with Gasteiger partial charge in [-0.1, -0.05) is 30.3 Å². The van der Waals surface area contributed by atoms with Crippen LogP contribution in [0.2, 0.25) is 0 Å². The van der Waals surface area contributed by atoms with Gasteiger partial charge in [-0.05, 0) is 62.3 Å². The van der Waals surface area contributed by atoms with E-state index in [0.717, 1.165) is 48.5 Å². The van der Waals surface area contributed by atoms with Gasteiger partial charge >= 0.3 is 0 Å². The summed E-state index contributed by atoms with van der Waals surface area (Å²) in [5, 5.41) is 3.50. The van der Waals surface area contributed by atoms with Crippen LogP contribution in [0.15, 0.2) is 54.6 Å². The highest BCUT2D eigenvalue weighted by Crippen LogP contribution is 2.42. The van der Waals surface area contributed by atoms with Crippen molar-refractivity contribution in [2.75, 3.05) is 17.8 Å². The molecule has 0 radical (unpaired) electrons. The molecule has 2 heterocycles. The van der Waals surface area contributed by atoms with Gasteiger partial charge in [0.1, 0.15) is 22.3 Å². The summed E-state index contributed by atoms with van der Waals surface area (Å²) in [5.41, 5.74) is 4.15. The van der Waals surface area contributed by atoms with Gasteiger partial charge in [-0.25, -0.2) is 4.21 Å². The summed E-state index contributed by atoms with van der Waals surface area (Å²) in [7, 11) is -1.07. The predicted octanol–water partition coefficient (Wildman–Crippen LogP) is 4.12. The minimum atomic E-state index is -1.07. The zero-order chi connectivity index (χ0) is 18.9. The largest absolute Gasteiger partial charge is 0.482 e. The molecular formula is C22H26N2O2S. The number of anilines is 1. The van der Waals surface area contributed by atoms with Crippen molar-refractivity contribution in [1.82, 2.24) is 5.32 Å². The van der Waals surface area contributed by atoms with E-state index in [2.05, 4.69) is 46.4 Å². The molecule has 2 aromatic carbocycles. The number of para-hydroxylation sites is 1. The second kappa shape index (κ2) is 7.49. The van der Waals surface area contributed by atoms with Crippen LogP contribution in [0.25, 0.3) is 5.57 Å². The van der Waals surface area contributed by atoms with Crippen LogP contribution < -0.4 is 14.8 Å². The molecule has 2 aliphatic rings. The van der Waals surface area contributed by atoms with Crippen LogP contribution in [-0.4, -0.2) is 28.1 Å². The maximum Gasteiger partial charge on any atom is 0.130 e. The molecule has 0 saturated carbocycles. The van der Waals surface area contributed by atoms with E-state index in [1.54, 1.807) is 0 Å². The van der Waals surface area contributed by atoms with Crippen LogP contribution in [0.4, 0.5) is 5.69 Å². The van der Waals surface area contributed by atoms with Crippen LogP contribution in [0.1, 0.15) is 37.8 Å². The van der Waals surface area contributed by atoms with Gasteiger partial charge in [-0.2, -0.15) is 0 Å². The number of nitrogens with one attached hydrogen (secondary N) is 2. The molecule has 5 heteroatoms. The SMILES string of the molecule is CC(C)S(=O)Nc1ccc(C2=CC3(CCNCC3)Oc3ccccc32)cc1. The van der Waals surface area contributed by atoms with Gasteiger partial charge in [0.25, 0.3) is 0 Å². The number of fused-ring (bicyclic) bond motifs is 1. The van der Waals surface area contributed by atoms with E-state index >= 15 is 0 Å². The minimum Gasteiger partial charge on any atom is -0.482 e. The third-order valence-corrected chi connectivity index (χ3v) is 6.48. The molecule has 0 bridgehead atoms. The number of ether oxygens (including phenoxy) is 1. The number of benzene rings is 2. The first-order valence-corrected chi connectivity index (χ1v) is 10.8. The van der Waals surface area contributed by atoms with Crippen LogP contribution in [0, 0.1) is 0 Å². The topological polar surface area (TPSA) is 50.4 Å². The molecule has 2 aromatic rings. The molecule has 0 aliphatic carbocycles. The predicted molar refractivity (Wildman–Crippen MR) is 112 cm³/mol. The fourth-order valence-corrected chi connectivity index (χ4v) is 4.26. The van der Waals surface area contributed by atoms with Crippen molar-refractivity contribution in [3.05, 3.63) is 65.7 Å². The average molecular weight is 383 g/mol. The Morgan fingerprint density at radius 2 is 1.78 bits per heavy atom. The van der Waals surface area contributed by atoms with Crippen LogP contribution >= 0.6 is 0 Å². The Kier molecular flexibility index (Phi) is 5.06. The van der Waals surface area contributed by atoms with Crippen LogP contribution in [0.5, 0.6) is 5.75 Å². The third kappa shape index (κ3) is 3.80. The van der Waals surface area contributed by atoms with Gasteiger partial charge in [0.15, 0.2) is 0 Å². The van der Waals surface area contributed by atoms with E-state index in [9.17, 15) is 4.21 Å². The summed E-state index contributed by atoms with van der Waals surface area (Å²) < 4.78 is 21.5. The van der Waals surface area contributed by atoms with Gasteiger partial charge in [-0.15, -0.1) is 0 Å². The lowest BCUT2D eigenvalue weighted by atomic mass is 9.83. The van der Waals surface area contributed by atoms with Crippen molar-refractivity contribution in [3.63, 3.8) is 0 Å². The second-order valence-corrected chi connectivity index (χ2v) is 9.24. The summed E-state index contributed by atoms with van der Waals surface area (Å²) in [5.74, 6) is 0.958. The van der Waals surface area contributed by atoms with E-state index in [1.165, 1.54) is 5.57 Å². The smallest absolute Gasteiger partial charge is 0.130 e. The van der Waals surface area contributed by atoms with Crippen molar-refractivity contribution in [2.24, 2.45) is 0 Å². The van der Waals surface area contributed by atoms with Gasteiger partial charge in [0.2, 0.25) is 0 Å². The molecular weight excluding hydrogens is 356 g/mol. The van der Waals surface area contributed by atoms with E-state index in [1.807, 2.05) is 32.0 Å². The highest BCUT2D eigenvalue weighted by Gasteiger charge is 2.36. The molecule has 4 nitrogen and oxygen atoms in total. The molecule has 27 heavy (non-hydrogen) atoms. The van der Waals surface area contributed by atoms with E-state index in [4.69, 9.17) is 4.74 Å². The molecule has 142 valence electrons. The normalized spacial score (nSPS) is 19.1. The first-order chi connectivity index (χ1) is 13.1. The molecule has 0 aromatic heterocycles. The fraction of sp³-hybridized carbons (Fsp3) is 0.364. The molecule has 4 rings (SSSR count). The van der Waals surface area contributed by atoms with Crippen molar-refractivity contribution < 1.29 is 8.95 Å². The second-order valence-electron chi connectivity index (χ2n) is 7.50. The maximum absolute atomic E-state index is 12.0. The Bertz CT molecular complexity index is 868. The van der Waals surface area contributed by atoms with E-state index in [0.29, 0.717) is 0 Å². The molecule has 1 spiro atoms. The van der Waals surface area contributed by atoms with E-state index < -0.39 is 11.0 Å². The highest BCUT2D eigenvalue weighted by molar-refractivity contribution is 7.86. The first-order valence-electron chi connectivity index (χ1n) is 9.56. The quantitative estimate of drug-likeness (QED) is 0.836. The highest BCUT2D eigenvalue weighted by atomic mass is 32.2. The number of hydrogen-bond acceptors (Lipinski definition) is 3. The molecule has 1 atom stereocenters. The average Bonchev–Trinajstić information content (AvgIpc) is 2.68. The lowest BCUT2D eigenvalue weighted by molar-refractivity contribution is 0.0817. The lowest BCUT2D eigenvalue weighted by Crippen LogP contribution is -2.46. The molecule has 2 aliphatic heterocycles. The van der Waals surface area contributed by atoms with Crippen molar-refractivity contribution >= 4 is 22.2 Å². The Labute approximate surface area is 163 Å². The summed E-state index contributed by atoms with van der Waals surface area (Å²) in [6, 6.07) is 16.5. The first kappa shape index (κ1) is 18.3. The lowest BCUT2D eigenvalue weighted by Gasteiger charge is -2.40. The van der Waals surface area contributed by atoms with Gasteiger partial charge in [0.05, 0.1) is 0 Å². The summed E-state index contributed by atoms with van der Waals surface area (Å²) >= 11 is 0. The Balaban J connectivity index is 1.68. The van der Waals surface area contributed by atoms with Crippen molar-refractivity contribution in [2.45, 2.75) is 37.5 Å². The van der Waals surface area contributed by atoms with Crippen molar-refractivity contribution in [1.29, 1.82) is 0 Å². The summed E-state index contributed by atoms with van der Waals surface area (Å²) in [4.78, 5) is 0. The number of hydrogen-bond donors (Lipinski definition) is 2. The summed E-state index contributed by atoms with van der Waals surface area (Å²) in [6.07, 6.45) is 4.25. The van der Waals surface area contributed by atoms with Gasteiger partial charge in [0, 0.05) is 29.3 Å². The van der Waals surface area contributed by atoms with Crippen LogP contribution in [0.3, 0.4) is 0 Å². The Morgan fingerprint density at radius 3 is 2.48 bits per heavy atom. The molecule has 1 fully saturated rings. The van der Waals surface area contributed by atoms with Gasteiger partial charge < -0.3 is 14.8 Å². The standard InChI is InChI=1S/C22H26N2O2S/c1-16(2)27(25)24-18-9-7-17(8-10-18)20-15-22(11-13-23-14-12-22)26-21-6-4-3-5-19(20)21/h3-10,15-16,23-24H,11-14H2,1-2H3. The zero-order valence-corrected chi connectivity index (χ0v) is 16.6. The molecule has 2 N–H and O–H groups in total. The van der Waals surface area contributed by atoms with Gasteiger partial charge in [-0.3, -0.25) is 0 Å². The van der Waals surface area contributed by atoms with Crippen LogP contribution in [-0.2, 0) is 11.0 Å². The maximum atomic E-state index is 12.0. The Morgan fingerprint density at radius 1 is 1.07 bits per heavy atom. The third-order valence-electron chi connectivity index (χ3n) is 5.19. The number of piperidine rings is 1. The monoisotopic (exact) mass is 382 g/mol. The fourth-order valence-electron chi connectivity index (χ4n) is 3.65. The Hall–Kier alpha value is -2.11. The molecule has 1 unspecified atom stereocenters.